The molecule has 4 rings (SSSR count). The number of halogens is 1. The van der Waals surface area contributed by atoms with Crippen molar-refractivity contribution < 1.29 is 19.2 Å². The third-order valence-corrected chi connectivity index (χ3v) is 5.29. The van der Waals surface area contributed by atoms with Crippen LogP contribution in [0.25, 0.3) is 6.08 Å². The number of rotatable bonds is 5. The van der Waals surface area contributed by atoms with Crippen LogP contribution >= 0.6 is 28.1 Å². The number of amides is 2. The van der Waals surface area contributed by atoms with Crippen LogP contribution in [0.15, 0.2) is 76.9 Å². The molecule has 0 spiro atoms. The van der Waals surface area contributed by atoms with Crippen molar-refractivity contribution in [3.63, 3.8) is 0 Å². The molecule has 0 atom stereocenters. The van der Waals surface area contributed by atoms with E-state index in [0.29, 0.717) is 17.0 Å². The van der Waals surface area contributed by atoms with Gasteiger partial charge in [0.2, 0.25) is 5.88 Å². The van der Waals surface area contributed by atoms with Gasteiger partial charge >= 0.3 is 0 Å². The summed E-state index contributed by atoms with van der Waals surface area (Å²) in [4.78, 5) is 40.8. The molecule has 2 heterocycles. The molecule has 1 aliphatic rings. The largest absolute Gasteiger partial charge is 0.439 e. The van der Waals surface area contributed by atoms with Gasteiger partial charge in [-0.05, 0) is 54.2 Å². The van der Waals surface area contributed by atoms with Crippen molar-refractivity contribution in [1.82, 2.24) is 10.3 Å². The van der Waals surface area contributed by atoms with Gasteiger partial charge in [-0.3, -0.25) is 29.9 Å². The van der Waals surface area contributed by atoms with Gasteiger partial charge in [0, 0.05) is 16.6 Å². The minimum atomic E-state index is -0.591. The molecule has 11 heteroatoms. The number of nitrogens with one attached hydrogen (secondary N) is 1. The Morgan fingerprint density at radius 3 is 2.52 bits per heavy atom. The van der Waals surface area contributed by atoms with Gasteiger partial charge in [0.05, 0.1) is 10.6 Å². The lowest BCUT2D eigenvalue weighted by Crippen LogP contribution is -2.54. The summed E-state index contributed by atoms with van der Waals surface area (Å²) < 4.78 is 6.33. The van der Waals surface area contributed by atoms with Gasteiger partial charge in [-0.15, -0.1) is 0 Å². The summed E-state index contributed by atoms with van der Waals surface area (Å²) in [6, 6.07) is 16.2. The van der Waals surface area contributed by atoms with Crippen LogP contribution in [0.3, 0.4) is 0 Å². The lowest BCUT2D eigenvalue weighted by molar-refractivity contribution is -0.385. The minimum Gasteiger partial charge on any atom is -0.439 e. The number of aromatic nitrogens is 1. The van der Waals surface area contributed by atoms with Crippen LogP contribution in [-0.2, 0) is 9.59 Å². The highest BCUT2D eigenvalue weighted by Crippen LogP contribution is 2.26. The summed E-state index contributed by atoms with van der Waals surface area (Å²) in [5.41, 5.74) is 0.884. The summed E-state index contributed by atoms with van der Waals surface area (Å²) >= 11 is 8.56. The molecule has 164 valence electrons. The molecule has 2 amide bonds. The van der Waals surface area contributed by atoms with Crippen molar-refractivity contribution in [2.45, 2.75) is 0 Å². The summed E-state index contributed by atoms with van der Waals surface area (Å²) in [7, 11) is 0. The Morgan fingerprint density at radius 1 is 1.12 bits per heavy atom. The van der Waals surface area contributed by atoms with Crippen molar-refractivity contribution in [3.05, 3.63) is 92.6 Å². The van der Waals surface area contributed by atoms with Gasteiger partial charge < -0.3 is 4.74 Å². The molecule has 2 aromatic carbocycles. The monoisotopic (exact) mass is 524 g/mol. The molecule has 0 radical (unpaired) electrons. The molecule has 33 heavy (non-hydrogen) atoms. The fourth-order valence-electron chi connectivity index (χ4n) is 2.97. The zero-order valence-electron chi connectivity index (χ0n) is 16.6. The summed E-state index contributed by atoms with van der Waals surface area (Å²) in [5, 5.41) is 13.2. The number of carbonyl (C=O) groups is 2. The van der Waals surface area contributed by atoms with Gasteiger partial charge in [-0.2, -0.15) is 0 Å². The average molecular weight is 525 g/mol. The quantitative estimate of drug-likeness (QED) is 0.173. The van der Waals surface area contributed by atoms with Gasteiger partial charge in [0.1, 0.15) is 17.5 Å². The van der Waals surface area contributed by atoms with E-state index in [-0.39, 0.29) is 22.3 Å². The van der Waals surface area contributed by atoms with Crippen molar-refractivity contribution in [2.75, 3.05) is 4.90 Å². The topological polar surface area (TPSA) is 115 Å². The second kappa shape index (κ2) is 9.27. The third kappa shape index (κ3) is 4.94. The number of hydrogen-bond donors (Lipinski definition) is 1. The maximum Gasteiger partial charge on any atom is 0.287 e. The number of benzene rings is 2. The second-order valence-corrected chi connectivity index (χ2v) is 8.02. The van der Waals surface area contributed by atoms with E-state index < -0.39 is 16.7 Å². The van der Waals surface area contributed by atoms with Crippen molar-refractivity contribution in [3.8, 4) is 11.6 Å². The van der Waals surface area contributed by atoms with E-state index in [9.17, 15) is 19.7 Å². The molecule has 0 saturated carbocycles. The van der Waals surface area contributed by atoms with E-state index >= 15 is 0 Å². The third-order valence-electron chi connectivity index (χ3n) is 4.51. The Hall–Kier alpha value is -3.96. The number of hydrogen-bond acceptors (Lipinski definition) is 7. The van der Waals surface area contributed by atoms with E-state index in [4.69, 9.17) is 17.0 Å². The first-order valence-electron chi connectivity index (χ1n) is 9.37. The molecule has 1 fully saturated rings. The number of nitro groups is 1. The number of thiocarbonyl (C=S) groups is 1. The SMILES string of the molecule is O=C1NC(=S)N(c2cccc(Br)c2)C(=O)/C1=C\c1ccc(Oc2ccc([N+](=O)[O-])cn2)cc1. The molecule has 0 unspecified atom stereocenters. The van der Waals surface area contributed by atoms with E-state index in [0.717, 1.165) is 10.7 Å². The van der Waals surface area contributed by atoms with E-state index in [2.05, 4.69) is 26.2 Å². The van der Waals surface area contributed by atoms with Crippen LogP contribution in [0.4, 0.5) is 11.4 Å². The van der Waals surface area contributed by atoms with Gasteiger partial charge in [0.25, 0.3) is 17.5 Å². The van der Waals surface area contributed by atoms with Crippen molar-refractivity contribution in [1.29, 1.82) is 0 Å². The van der Waals surface area contributed by atoms with Crippen LogP contribution in [0.1, 0.15) is 5.56 Å². The molecule has 1 aromatic heterocycles. The molecule has 1 aliphatic heterocycles. The fourth-order valence-corrected chi connectivity index (χ4v) is 3.64. The molecular weight excluding hydrogens is 512 g/mol. The molecule has 9 nitrogen and oxygen atoms in total. The van der Waals surface area contributed by atoms with Crippen LogP contribution in [-0.4, -0.2) is 26.8 Å². The Labute approximate surface area is 201 Å². The normalized spacial score (nSPS) is 14.9. The van der Waals surface area contributed by atoms with Crippen LogP contribution < -0.4 is 15.0 Å². The van der Waals surface area contributed by atoms with E-state index in [1.54, 1.807) is 42.5 Å². The fraction of sp³-hybridized carbons (Fsp3) is 0. The highest BCUT2D eigenvalue weighted by molar-refractivity contribution is 9.10. The first kappa shape index (κ1) is 22.2. The zero-order chi connectivity index (χ0) is 23.5. The Kier molecular flexibility index (Phi) is 6.24. The van der Waals surface area contributed by atoms with Crippen molar-refractivity contribution in [2.24, 2.45) is 0 Å². The predicted molar refractivity (Wildman–Crippen MR) is 128 cm³/mol. The van der Waals surface area contributed by atoms with Crippen molar-refractivity contribution >= 4 is 62.5 Å². The second-order valence-electron chi connectivity index (χ2n) is 6.72. The number of carbonyl (C=O) groups excluding carboxylic acids is 2. The highest BCUT2D eigenvalue weighted by atomic mass is 79.9. The standard InChI is InChI=1S/C22H13BrN4O5S/c23-14-2-1-3-15(11-14)26-21(29)18(20(28)25-22(26)33)10-13-4-7-17(8-5-13)32-19-9-6-16(12-24-19)27(30)31/h1-12H,(H,25,28,33)/b18-10-. The number of anilines is 1. The van der Waals surface area contributed by atoms with Gasteiger partial charge in [0.15, 0.2) is 5.11 Å². The average Bonchev–Trinajstić information content (AvgIpc) is 2.78. The number of ether oxygens (including phenoxy) is 1. The van der Waals surface area contributed by atoms with E-state index in [1.165, 1.54) is 23.1 Å². The first-order valence-corrected chi connectivity index (χ1v) is 10.6. The molecule has 0 aliphatic carbocycles. The highest BCUT2D eigenvalue weighted by Gasteiger charge is 2.34. The molecule has 3 aromatic rings. The summed E-state index contributed by atoms with van der Waals surface area (Å²) in [6.45, 7) is 0. The molecular formula is C22H13BrN4O5S. The first-order chi connectivity index (χ1) is 15.8. The Balaban J connectivity index is 1.54. The maximum absolute atomic E-state index is 13.1. The van der Waals surface area contributed by atoms with Crippen LogP contribution in [0.5, 0.6) is 11.6 Å². The van der Waals surface area contributed by atoms with E-state index in [1.807, 2.05) is 6.07 Å². The maximum atomic E-state index is 13.1. The zero-order valence-corrected chi connectivity index (χ0v) is 19.0. The van der Waals surface area contributed by atoms with Gasteiger partial charge in [-0.1, -0.05) is 34.1 Å². The smallest absolute Gasteiger partial charge is 0.287 e. The van der Waals surface area contributed by atoms with Crippen LogP contribution in [0.2, 0.25) is 0 Å². The number of nitrogens with zero attached hydrogens (tertiary/aromatic N) is 3. The predicted octanol–water partition coefficient (Wildman–Crippen LogP) is 4.38. The molecule has 0 bridgehead atoms. The molecule has 1 N–H and O–H groups in total. The lowest BCUT2D eigenvalue weighted by Gasteiger charge is -2.29. The summed E-state index contributed by atoms with van der Waals surface area (Å²) in [5.74, 6) is -0.523. The molecule has 1 saturated heterocycles. The minimum absolute atomic E-state index is 0.000374. The Bertz CT molecular complexity index is 1310. The number of pyridine rings is 1. The lowest BCUT2D eigenvalue weighted by atomic mass is 10.1. The van der Waals surface area contributed by atoms with Crippen LogP contribution in [0, 0.1) is 10.1 Å². The Morgan fingerprint density at radius 2 is 1.88 bits per heavy atom. The van der Waals surface area contributed by atoms with Gasteiger partial charge in [-0.25, -0.2) is 4.98 Å². The summed E-state index contributed by atoms with van der Waals surface area (Å²) in [6.07, 6.45) is 2.56.